The summed E-state index contributed by atoms with van der Waals surface area (Å²) < 4.78 is 44.3. The van der Waals surface area contributed by atoms with Crippen LogP contribution in [-0.4, -0.2) is 62.2 Å². The van der Waals surface area contributed by atoms with Crippen LogP contribution < -0.4 is 16.4 Å². The number of nitrogen functional groups attached to an aromatic ring is 1. The van der Waals surface area contributed by atoms with Gasteiger partial charge in [0.25, 0.3) is 11.6 Å². The predicted octanol–water partition coefficient (Wildman–Crippen LogP) is 4.52. The number of ether oxygens (including phenoxy) is 1. The van der Waals surface area contributed by atoms with Gasteiger partial charge in [-0.15, -0.1) is 5.10 Å². The molecular formula is C23H19Cl2F3N8O3. The van der Waals surface area contributed by atoms with Crippen molar-refractivity contribution in [3.63, 3.8) is 0 Å². The van der Waals surface area contributed by atoms with E-state index in [4.69, 9.17) is 33.7 Å². The summed E-state index contributed by atoms with van der Waals surface area (Å²) in [5.41, 5.74) is 6.06. The van der Waals surface area contributed by atoms with Crippen LogP contribution in [0, 0.1) is 0 Å². The van der Waals surface area contributed by atoms with E-state index >= 15 is 0 Å². The quantitative estimate of drug-likeness (QED) is 0.146. The molecule has 0 aliphatic rings. The highest BCUT2D eigenvalue weighted by atomic mass is 35.5. The van der Waals surface area contributed by atoms with E-state index in [2.05, 4.69) is 30.7 Å². The SMILES string of the molecule is CCOC(=O)c1nc2cc(-c3ccc(Cl)cc3Cl)nc(NCCNc3ccc(C(=O)C(F)(F)F)c(N)n3)n2n1. The zero-order valence-corrected chi connectivity index (χ0v) is 21.5. The molecule has 3 aromatic heterocycles. The Balaban J connectivity index is 1.55. The zero-order chi connectivity index (χ0) is 28.3. The number of pyridine rings is 1. The molecule has 39 heavy (non-hydrogen) atoms. The Morgan fingerprint density at radius 2 is 1.79 bits per heavy atom. The van der Waals surface area contributed by atoms with Crippen LogP contribution in [0.4, 0.5) is 30.8 Å². The third kappa shape index (κ3) is 6.29. The molecule has 1 aromatic carbocycles. The average Bonchev–Trinajstić information content (AvgIpc) is 3.30. The van der Waals surface area contributed by atoms with Crippen molar-refractivity contribution in [1.29, 1.82) is 0 Å². The van der Waals surface area contributed by atoms with Gasteiger partial charge >= 0.3 is 12.1 Å². The number of Topliss-reactive ketones (excluding diaryl/α,β-unsaturated/α-hetero) is 1. The maximum absolute atomic E-state index is 12.7. The summed E-state index contributed by atoms with van der Waals surface area (Å²) in [5.74, 6) is -3.16. The van der Waals surface area contributed by atoms with E-state index in [1.54, 1.807) is 31.2 Å². The molecule has 0 atom stereocenters. The van der Waals surface area contributed by atoms with Crippen molar-refractivity contribution in [2.45, 2.75) is 13.1 Å². The summed E-state index contributed by atoms with van der Waals surface area (Å²) >= 11 is 12.4. The summed E-state index contributed by atoms with van der Waals surface area (Å²) in [4.78, 5) is 36.2. The van der Waals surface area contributed by atoms with Crippen molar-refractivity contribution >= 4 is 58.2 Å². The number of carbonyl (C=O) groups is 2. The molecule has 0 fully saturated rings. The summed E-state index contributed by atoms with van der Waals surface area (Å²) in [6.45, 7) is 2.20. The van der Waals surface area contributed by atoms with E-state index in [0.717, 1.165) is 6.07 Å². The van der Waals surface area contributed by atoms with Crippen LogP contribution in [0.5, 0.6) is 0 Å². The van der Waals surface area contributed by atoms with Gasteiger partial charge < -0.3 is 21.1 Å². The molecule has 0 radical (unpaired) electrons. The van der Waals surface area contributed by atoms with Gasteiger partial charge in [-0.25, -0.2) is 19.7 Å². The Bertz CT molecular complexity index is 1560. The molecule has 0 aliphatic heterocycles. The number of carbonyl (C=O) groups excluding carboxylic acids is 2. The number of ketones is 1. The van der Waals surface area contributed by atoms with Gasteiger partial charge in [0.2, 0.25) is 5.95 Å². The number of esters is 1. The molecule has 4 aromatic rings. The van der Waals surface area contributed by atoms with Gasteiger partial charge in [0.15, 0.2) is 5.65 Å². The molecule has 11 nitrogen and oxygen atoms in total. The fourth-order valence-corrected chi connectivity index (χ4v) is 3.91. The number of aromatic nitrogens is 5. The van der Waals surface area contributed by atoms with Crippen LogP contribution >= 0.6 is 23.2 Å². The average molecular weight is 583 g/mol. The molecule has 0 spiro atoms. The van der Waals surface area contributed by atoms with Gasteiger partial charge in [0.05, 0.1) is 22.9 Å². The van der Waals surface area contributed by atoms with Crippen molar-refractivity contribution < 1.29 is 27.5 Å². The zero-order valence-electron chi connectivity index (χ0n) is 20.0. The van der Waals surface area contributed by atoms with Crippen LogP contribution in [0.1, 0.15) is 27.9 Å². The lowest BCUT2D eigenvalue weighted by molar-refractivity contribution is -0.0884. The highest BCUT2D eigenvalue weighted by Crippen LogP contribution is 2.31. The van der Waals surface area contributed by atoms with Gasteiger partial charge in [0, 0.05) is 29.7 Å². The molecule has 0 amide bonds. The van der Waals surface area contributed by atoms with E-state index in [-0.39, 0.29) is 42.9 Å². The Hall–Kier alpha value is -4.17. The molecular weight excluding hydrogens is 564 g/mol. The first-order valence-corrected chi connectivity index (χ1v) is 12.0. The van der Waals surface area contributed by atoms with Crippen LogP contribution in [0.15, 0.2) is 36.4 Å². The number of hydrogen-bond donors (Lipinski definition) is 3. The van der Waals surface area contributed by atoms with Gasteiger partial charge in [0.1, 0.15) is 11.6 Å². The molecule has 0 aliphatic carbocycles. The third-order valence-corrected chi connectivity index (χ3v) is 5.68. The Labute approximate surface area is 228 Å². The number of alkyl halides is 3. The second kappa shape index (κ2) is 11.3. The number of halogens is 5. The van der Waals surface area contributed by atoms with E-state index in [1.807, 2.05) is 0 Å². The second-order valence-corrected chi connectivity index (χ2v) is 8.67. The fourth-order valence-electron chi connectivity index (χ4n) is 3.40. The van der Waals surface area contributed by atoms with E-state index in [9.17, 15) is 22.8 Å². The Morgan fingerprint density at radius 3 is 2.46 bits per heavy atom. The molecule has 16 heteroatoms. The smallest absolute Gasteiger partial charge is 0.455 e. The highest BCUT2D eigenvalue weighted by Gasteiger charge is 2.40. The number of hydrogen-bond acceptors (Lipinski definition) is 10. The molecule has 4 N–H and O–H groups in total. The maximum Gasteiger partial charge on any atom is 0.455 e. The first-order chi connectivity index (χ1) is 18.5. The summed E-state index contributed by atoms with van der Waals surface area (Å²) in [5, 5.41) is 10.9. The molecule has 204 valence electrons. The monoisotopic (exact) mass is 582 g/mol. The predicted molar refractivity (Wildman–Crippen MR) is 138 cm³/mol. The van der Waals surface area contributed by atoms with Crippen LogP contribution in [-0.2, 0) is 4.74 Å². The van der Waals surface area contributed by atoms with Gasteiger partial charge in [-0.1, -0.05) is 23.2 Å². The van der Waals surface area contributed by atoms with E-state index < -0.39 is 29.3 Å². The number of rotatable bonds is 9. The first-order valence-electron chi connectivity index (χ1n) is 11.2. The van der Waals surface area contributed by atoms with E-state index in [0.29, 0.717) is 21.3 Å². The Morgan fingerprint density at radius 1 is 1.05 bits per heavy atom. The van der Waals surface area contributed by atoms with Gasteiger partial charge in [-0.2, -0.15) is 17.7 Å². The molecule has 4 rings (SSSR count). The molecule has 0 saturated heterocycles. The largest absolute Gasteiger partial charge is 0.460 e. The highest BCUT2D eigenvalue weighted by molar-refractivity contribution is 6.36. The van der Waals surface area contributed by atoms with Crippen molar-refractivity contribution in [1.82, 2.24) is 24.6 Å². The fraction of sp³-hybridized carbons (Fsp3) is 0.217. The van der Waals surface area contributed by atoms with E-state index in [1.165, 1.54) is 10.6 Å². The van der Waals surface area contributed by atoms with Crippen molar-refractivity contribution in [3.8, 4) is 11.3 Å². The molecule has 0 bridgehead atoms. The summed E-state index contributed by atoms with van der Waals surface area (Å²) in [6.07, 6.45) is -5.06. The van der Waals surface area contributed by atoms with Crippen LogP contribution in [0.3, 0.4) is 0 Å². The molecule has 0 saturated carbocycles. The van der Waals surface area contributed by atoms with Crippen LogP contribution in [0.25, 0.3) is 16.9 Å². The minimum atomic E-state index is -5.06. The number of nitrogens with zero attached hydrogens (tertiary/aromatic N) is 5. The number of nitrogens with two attached hydrogens (primary N) is 1. The second-order valence-electron chi connectivity index (χ2n) is 7.82. The topological polar surface area (TPSA) is 149 Å². The number of fused-ring (bicyclic) bond motifs is 1. The minimum absolute atomic E-state index is 0.138. The summed E-state index contributed by atoms with van der Waals surface area (Å²) in [6, 6.07) is 8.63. The Kier molecular flexibility index (Phi) is 8.06. The summed E-state index contributed by atoms with van der Waals surface area (Å²) in [7, 11) is 0. The standard InChI is InChI=1S/C23H19Cl2F3N8O3/c1-2-39-21(38)20-34-17-10-15(12-4-3-11(24)9-14(12)25)32-22(36(17)35-20)31-8-7-30-16-6-5-13(19(29)33-16)18(37)23(26,27)28/h3-6,9-10H,2,7-8H2,1H3,(H,31,32)(H3,29,30,33). The number of benzene rings is 1. The normalized spacial score (nSPS) is 11.4. The molecule has 3 heterocycles. The number of nitrogens with one attached hydrogen (secondary N) is 2. The minimum Gasteiger partial charge on any atom is -0.460 e. The van der Waals surface area contributed by atoms with Gasteiger partial charge in [-0.3, -0.25) is 4.79 Å². The first kappa shape index (κ1) is 27.9. The van der Waals surface area contributed by atoms with Gasteiger partial charge in [-0.05, 0) is 37.3 Å². The van der Waals surface area contributed by atoms with Crippen molar-refractivity contribution in [2.24, 2.45) is 0 Å². The lowest BCUT2D eigenvalue weighted by atomic mass is 10.1. The lowest BCUT2D eigenvalue weighted by Gasteiger charge is -2.12. The van der Waals surface area contributed by atoms with Crippen molar-refractivity contribution in [2.75, 3.05) is 36.1 Å². The molecule has 0 unspecified atom stereocenters. The lowest BCUT2D eigenvalue weighted by Crippen LogP contribution is -2.24. The maximum atomic E-state index is 12.7. The third-order valence-electron chi connectivity index (χ3n) is 5.13. The number of anilines is 3. The van der Waals surface area contributed by atoms with Crippen molar-refractivity contribution in [3.05, 3.63) is 57.8 Å². The van der Waals surface area contributed by atoms with Crippen LogP contribution in [0.2, 0.25) is 10.0 Å².